The number of aromatic nitrogens is 3. The van der Waals surface area contributed by atoms with Crippen LogP contribution in [0.1, 0.15) is 30.3 Å². The van der Waals surface area contributed by atoms with Crippen LogP contribution in [0.25, 0.3) is 0 Å². The zero-order chi connectivity index (χ0) is 16.0. The summed E-state index contributed by atoms with van der Waals surface area (Å²) in [6.07, 6.45) is 2.26. The molecule has 0 saturated carbocycles. The first-order chi connectivity index (χ1) is 9.85. The third-order valence-electron chi connectivity index (χ3n) is 2.75. The van der Waals surface area contributed by atoms with Crippen molar-refractivity contribution in [3.63, 3.8) is 0 Å². The number of nitrogens with zero attached hydrogens (tertiary/aromatic N) is 4. The van der Waals surface area contributed by atoms with Crippen LogP contribution in [0.3, 0.4) is 0 Å². The Balaban J connectivity index is 2.69. The van der Waals surface area contributed by atoms with E-state index in [1.165, 1.54) is 15.8 Å². The number of carbonyl (C=O) groups excluding carboxylic acids is 2. The number of rotatable bonds is 7. The molecule has 1 unspecified atom stereocenters. The smallest absolute Gasteiger partial charge is 0.326 e. The van der Waals surface area contributed by atoms with E-state index in [4.69, 9.17) is 5.11 Å². The van der Waals surface area contributed by atoms with Gasteiger partial charge in [-0.2, -0.15) is 0 Å². The van der Waals surface area contributed by atoms with Crippen molar-refractivity contribution in [2.45, 2.75) is 32.4 Å². The van der Waals surface area contributed by atoms with Crippen molar-refractivity contribution in [1.82, 2.24) is 25.2 Å². The van der Waals surface area contributed by atoms with E-state index < -0.39 is 17.9 Å². The number of carboxylic acids is 1. The van der Waals surface area contributed by atoms with Crippen LogP contribution < -0.4 is 5.32 Å². The van der Waals surface area contributed by atoms with Gasteiger partial charge in [0.15, 0.2) is 5.69 Å². The largest absolute Gasteiger partial charge is 0.480 e. The van der Waals surface area contributed by atoms with E-state index in [9.17, 15) is 14.4 Å². The molecule has 21 heavy (non-hydrogen) atoms. The number of amides is 2. The zero-order valence-corrected chi connectivity index (χ0v) is 12.2. The summed E-state index contributed by atoms with van der Waals surface area (Å²) in [5, 5.41) is 18.7. The molecule has 0 bridgehead atoms. The topological polar surface area (TPSA) is 117 Å². The molecule has 0 saturated heterocycles. The van der Waals surface area contributed by atoms with Crippen LogP contribution in [0.2, 0.25) is 0 Å². The predicted molar refractivity (Wildman–Crippen MR) is 72.5 cm³/mol. The van der Waals surface area contributed by atoms with Crippen LogP contribution in [-0.2, 0) is 16.1 Å². The predicted octanol–water partition coefficient (Wildman–Crippen LogP) is -0.651. The van der Waals surface area contributed by atoms with Crippen molar-refractivity contribution >= 4 is 17.8 Å². The van der Waals surface area contributed by atoms with Crippen molar-refractivity contribution in [3.8, 4) is 0 Å². The van der Waals surface area contributed by atoms with Crippen LogP contribution in [0.4, 0.5) is 0 Å². The highest BCUT2D eigenvalue weighted by Gasteiger charge is 2.21. The lowest BCUT2D eigenvalue weighted by molar-refractivity contribution is -0.139. The summed E-state index contributed by atoms with van der Waals surface area (Å²) in [6.45, 7) is 1.79. The summed E-state index contributed by atoms with van der Waals surface area (Å²) < 4.78 is 1.23. The number of hydrogen-bond donors (Lipinski definition) is 2. The molecule has 1 aromatic rings. The van der Waals surface area contributed by atoms with Crippen molar-refractivity contribution in [3.05, 3.63) is 11.9 Å². The molecule has 1 atom stereocenters. The number of carboxylic acid groups (broad SMARTS) is 1. The van der Waals surface area contributed by atoms with Gasteiger partial charge in [-0.25, -0.2) is 9.48 Å². The Morgan fingerprint density at radius 1 is 1.43 bits per heavy atom. The first-order valence-corrected chi connectivity index (χ1v) is 6.49. The lowest BCUT2D eigenvalue weighted by atomic mass is 10.1. The number of carbonyl (C=O) groups is 3. The van der Waals surface area contributed by atoms with E-state index in [1.54, 1.807) is 14.1 Å². The Kier molecular flexibility index (Phi) is 5.82. The normalized spacial score (nSPS) is 11.8. The average molecular weight is 297 g/mol. The van der Waals surface area contributed by atoms with Crippen molar-refractivity contribution in [2.24, 2.45) is 0 Å². The van der Waals surface area contributed by atoms with Crippen molar-refractivity contribution in [2.75, 3.05) is 14.1 Å². The van der Waals surface area contributed by atoms with Crippen LogP contribution in [0.15, 0.2) is 6.20 Å². The summed E-state index contributed by atoms with van der Waals surface area (Å²) in [4.78, 5) is 35.8. The molecule has 1 aromatic heterocycles. The second kappa shape index (κ2) is 7.36. The molecule has 0 aromatic carbocycles. The van der Waals surface area contributed by atoms with Gasteiger partial charge in [-0.3, -0.25) is 9.59 Å². The molecule has 9 nitrogen and oxygen atoms in total. The molecule has 0 spiro atoms. The van der Waals surface area contributed by atoms with Crippen LogP contribution >= 0.6 is 0 Å². The Morgan fingerprint density at radius 2 is 2.10 bits per heavy atom. The fourth-order valence-corrected chi connectivity index (χ4v) is 1.54. The molecule has 0 aliphatic heterocycles. The average Bonchev–Trinajstić information content (AvgIpc) is 2.86. The molecule has 1 heterocycles. The molecule has 0 radical (unpaired) electrons. The molecule has 1 rings (SSSR count). The van der Waals surface area contributed by atoms with Gasteiger partial charge in [0, 0.05) is 14.1 Å². The molecular weight excluding hydrogens is 278 g/mol. The Bertz CT molecular complexity index is 525. The summed E-state index contributed by atoms with van der Waals surface area (Å²) >= 11 is 0. The molecule has 0 aliphatic carbocycles. The van der Waals surface area contributed by atoms with Crippen LogP contribution in [-0.4, -0.2) is 62.9 Å². The van der Waals surface area contributed by atoms with E-state index >= 15 is 0 Å². The Labute approximate surface area is 121 Å². The van der Waals surface area contributed by atoms with Gasteiger partial charge in [0.2, 0.25) is 5.91 Å². The number of nitrogens with one attached hydrogen (secondary N) is 1. The summed E-state index contributed by atoms with van der Waals surface area (Å²) in [6, 6.07) is -0.962. The fraction of sp³-hybridized carbons (Fsp3) is 0.583. The van der Waals surface area contributed by atoms with E-state index in [1.807, 2.05) is 6.92 Å². The second-order valence-electron chi connectivity index (χ2n) is 4.74. The summed E-state index contributed by atoms with van der Waals surface area (Å²) in [7, 11) is 3.21. The van der Waals surface area contributed by atoms with E-state index in [0.717, 1.165) is 0 Å². The number of likely N-dealkylation sites (N-methyl/N-ethyl adjacent to an activating group) is 1. The molecule has 9 heteroatoms. The molecular formula is C12H19N5O4. The van der Waals surface area contributed by atoms with E-state index in [0.29, 0.717) is 12.8 Å². The van der Waals surface area contributed by atoms with Crippen molar-refractivity contribution < 1.29 is 19.5 Å². The van der Waals surface area contributed by atoms with Crippen LogP contribution in [0.5, 0.6) is 0 Å². The first-order valence-electron chi connectivity index (χ1n) is 6.49. The number of hydrogen-bond acceptors (Lipinski definition) is 5. The first kappa shape index (κ1) is 16.6. The standard InChI is InChI=1S/C12H19N5O4/c1-4-5-8(12(20)21)13-11(19)9-6-17(15-14-9)7-10(18)16(2)3/h6,8H,4-5,7H2,1-3H3,(H,13,19)(H,20,21). The Morgan fingerprint density at radius 3 is 2.62 bits per heavy atom. The van der Waals surface area contributed by atoms with Crippen LogP contribution in [0, 0.1) is 0 Å². The highest BCUT2D eigenvalue weighted by Crippen LogP contribution is 2.00. The summed E-state index contributed by atoms with van der Waals surface area (Å²) in [5.74, 6) is -1.92. The fourth-order valence-electron chi connectivity index (χ4n) is 1.54. The van der Waals surface area contributed by atoms with Gasteiger partial charge in [0.25, 0.3) is 5.91 Å². The minimum absolute atomic E-state index is 0.0242. The molecule has 0 aliphatic rings. The van der Waals surface area contributed by atoms with Crippen molar-refractivity contribution in [1.29, 1.82) is 0 Å². The van der Waals surface area contributed by atoms with Gasteiger partial charge >= 0.3 is 5.97 Å². The molecule has 2 amide bonds. The Hall–Kier alpha value is -2.45. The zero-order valence-electron chi connectivity index (χ0n) is 12.2. The highest BCUT2D eigenvalue weighted by molar-refractivity contribution is 5.94. The van der Waals surface area contributed by atoms with Gasteiger partial charge in [0.1, 0.15) is 12.6 Å². The van der Waals surface area contributed by atoms with Gasteiger partial charge < -0.3 is 15.3 Å². The minimum atomic E-state index is -1.10. The molecule has 116 valence electrons. The number of aliphatic carboxylic acids is 1. The second-order valence-corrected chi connectivity index (χ2v) is 4.74. The third-order valence-corrected chi connectivity index (χ3v) is 2.75. The lowest BCUT2D eigenvalue weighted by Crippen LogP contribution is -2.40. The lowest BCUT2D eigenvalue weighted by Gasteiger charge is -2.11. The van der Waals surface area contributed by atoms with E-state index in [-0.39, 0.29) is 18.1 Å². The summed E-state index contributed by atoms with van der Waals surface area (Å²) in [5.41, 5.74) is -0.0242. The third kappa shape index (κ3) is 4.86. The van der Waals surface area contributed by atoms with Gasteiger partial charge in [-0.15, -0.1) is 5.10 Å². The highest BCUT2D eigenvalue weighted by atomic mass is 16.4. The maximum Gasteiger partial charge on any atom is 0.326 e. The minimum Gasteiger partial charge on any atom is -0.480 e. The van der Waals surface area contributed by atoms with E-state index in [2.05, 4.69) is 15.6 Å². The van der Waals surface area contributed by atoms with Gasteiger partial charge in [-0.1, -0.05) is 18.6 Å². The SMILES string of the molecule is CCCC(NC(=O)c1cn(CC(=O)N(C)C)nn1)C(=O)O. The maximum atomic E-state index is 11.9. The van der Waals surface area contributed by atoms with Gasteiger partial charge in [-0.05, 0) is 6.42 Å². The quantitative estimate of drug-likeness (QED) is 0.690. The molecule has 2 N–H and O–H groups in total. The monoisotopic (exact) mass is 297 g/mol. The molecule has 0 fully saturated rings. The van der Waals surface area contributed by atoms with Gasteiger partial charge in [0.05, 0.1) is 6.20 Å². The maximum absolute atomic E-state index is 11.9.